The van der Waals surface area contributed by atoms with Gasteiger partial charge in [-0.2, -0.15) is 4.68 Å². The van der Waals surface area contributed by atoms with Gasteiger partial charge in [-0.15, -0.1) is 0 Å². The number of fused-ring (bicyclic) bond motifs is 1. The summed E-state index contributed by atoms with van der Waals surface area (Å²) < 4.78 is 27.8. The van der Waals surface area contributed by atoms with Crippen LogP contribution in [0, 0.1) is 11.6 Å². The highest BCUT2D eigenvalue weighted by Crippen LogP contribution is 2.16. The van der Waals surface area contributed by atoms with E-state index in [9.17, 15) is 18.4 Å². The van der Waals surface area contributed by atoms with Gasteiger partial charge in [0.05, 0.1) is 17.3 Å². The van der Waals surface area contributed by atoms with E-state index in [1.807, 2.05) is 30.3 Å². The van der Waals surface area contributed by atoms with Crippen molar-refractivity contribution in [1.29, 1.82) is 0 Å². The van der Waals surface area contributed by atoms with Gasteiger partial charge >= 0.3 is 0 Å². The number of amides is 1. The lowest BCUT2D eigenvalue weighted by Crippen LogP contribution is -2.38. The number of benzene rings is 3. The fourth-order valence-corrected chi connectivity index (χ4v) is 3.41. The Kier molecular flexibility index (Phi) is 5.93. The van der Waals surface area contributed by atoms with Crippen molar-refractivity contribution in [1.82, 2.24) is 9.66 Å². The number of aromatic nitrogens is 2. The molecule has 0 aliphatic rings. The number of carbonyl (C=O) groups is 1. The van der Waals surface area contributed by atoms with E-state index >= 15 is 0 Å². The molecule has 1 heterocycles. The molecule has 4 rings (SSSR count). The van der Waals surface area contributed by atoms with Gasteiger partial charge in [0.1, 0.15) is 0 Å². The molecule has 0 aliphatic carbocycles. The van der Waals surface area contributed by atoms with Gasteiger partial charge in [-0.25, -0.2) is 13.8 Å². The second kappa shape index (κ2) is 8.97. The quantitative estimate of drug-likeness (QED) is 0.503. The number of carbonyl (C=O) groups excluding carboxylic acids is 1. The molecule has 0 radical (unpaired) electrons. The SMILES string of the molecule is CN(Cc1ccccc1)c1nc2ccccc2c(=O)n1NC(=O)Cc1ccc(F)c(F)c1. The minimum Gasteiger partial charge on any atom is -0.339 e. The zero-order valence-corrected chi connectivity index (χ0v) is 17.3. The summed E-state index contributed by atoms with van der Waals surface area (Å²) in [6, 6.07) is 19.7. The summed E-state index contributed by atoms with van der Waals surface area (Å²) in [6.45, 7) is 0.449. The number of anilines is 1. The van der Waals surface area contributed by atoms with Gasteiger partial charge in [-0.3, -0.25) is 15.0 Å². The molecular weight excluding hydrogens is 414 g/mol. The van der Waals surface area contributed by atoms with E-state index in [0.29, 0.717) is 17.4 Å². The Balaban J connectivity index is 1.68. The molecule has 0 spiro atoms. The van der Waals surface area contributed by atoms with E-state index in [1.165, 1.54) is 6.07 Å². The Morgan fingerprint density at radius 3 is 2.44 bits per heavy atom. The number of nitrogens with one attached hydrogen (secondary N) is 1. The van der Waals surface area contributed by atoms with E-state index in [-0.39, 0.29) is 17.9 Å². The second-order valence-corrected chi connectivity index (χ2v) is 7.37. The largest absolute Gasteiger partial charge is 0.339 e. The van der Waals surface area contributed by atoms with Crippen molar-refractivity contribution >= 4 is 22.8 Å². The van der Waals surface area contributed by atoms with Gasteiger partial charge in [0, 0.05) is 13.6 Å². The van der Waals surface area contributed by atoms with Crippen molar-refractivity contribution in [3.8, 4) is 0 Å². The second-order valence-electron chi connectivity index (χ2n) is 7.37. The first-order valence-corrected chi connectivity index (χ1v) is 9.93. The number of hydrogen-bond donors (Lipinski definition) is 1. The maximum atomic E-state index is 13.5. The number of rotatable bonds is 6. The first kappa shape index (κ1) is 21.2. The number of nitrogens with zero attached hydrogens (tertiary/aromatic N) is 3. The fraction of sp³-hybridized carbons (Fsp3) is 0.125. The number of para-hydroxylation sites is 1. The molecule has 0 bridgehead atoms. The van der Waals surface area contributed by atoms with E-state index in [0.717, 1.165) is 22.4 Å². The summed E-state index contributed by atoms with van der Waals surface area (Å²) >= 11 is 0. The summed E-state index contributed by atoms with van der Waals surface area (Å²) in [7, 11) is 1.77. The molecule has 0 saturated heterocycles. The molecule has 0 fully saturated rings. The molecular formula is C24H20F2N4O2. The molecule has 1 aromatic heterocycles. The van der Waals surface area contributed by atoms with E-state index < -0.39 is 23.1 Å². The van der Waals surface area contributed by atoms with Crippen LogP contribution in [-0.4, -0.2) is 22.6 Å². The molecule has 3 aromatic carbocycles. The minimum absolute atomic E-state index is 0.238. The molecule has 6 nitrogen and oxygen atoms in total. The third-order valence-electron chi connectivity index (χ3n) is 4.95. The standard InChI is InChI=1S/C24H20F2N4O2/c1-29(15-16-7-3-2-4-8-16)24-27-21-10-6-5-9-18(21)23(32)30(24)28-22(31)14-17-11-12-19(25)20(26)13-17/h2-13H,14-15H2,1H3,(H,28,31). The van der Waals surface area contributed by atoms with Crippen molar-refractivity contribution in [2.75, 3.05) is 17.4 Å². The molecule has 0 unspecified atom stereocenters. The highest BCUT2D eigenvalue weighted by molar-refractivity contribution is 5.87. The van der Waals surface area contributed by atoms with E-state index in [1.54, 1.807) is 36.2 Å². The Bertz CT molecular complexity index is 1340. The van der Waals surface area contributed by atoms with Crippen molar-refractivity contribution in [2.45, 2.75) is 13.0 Å². The van der Waals surface area contributed by atoms with Crippen LogP contribution >= 0.6 is 0 Å². The molecule has 32 heavy (non-hydrogen) atoms. The average Bonchev–Trinajstić information content (AvgIpc) is 2.78. The first-order chi connectivity index (χ1) is 15.4. The van der Waals surface area contributed by atoms with E-state index in [4.69, 9.17) is 0 Å². The summed E-state index contributed by atoms with van der Waals surface area (Å²) in [6.07, 6.45) is -0.238. The van der Waals surface area contributed by atoms with E-state index in [2.05, 4.69) is 10.4 Å². The molecule has 0 atom stereocenters. The Labute approximate surface area is 182 Å². The zero-order chi connectivity index (χ0) is 22.7. The molecule has 0 saturated carbocycles. The van der Waals surface area contributed by atoms with Crippen LogP contribution in [0.2, 0.25) is 0 Å². The third-order valence-corrected chi connectivity index (χ3v) is 4.95. The molecule has 1 N–H and O–H groups in total. The lowest BCUT2D eigenvalue weighted by Gasteiger charge is -2.23. The molecule has 1 amide bonds. The smallest absolute Gasteiger partial charge is 0.281 e. The molecule has 4 aromatic rings. The highest BCUT2D eigenvalue weighted by atomic mass is 19.2. The van der Waals surface area contributed by atoms with Crippen LogP contribution in [0.4, 0.5) is 14.7 Å². The fourth-order valence-electron chi connectivity index (χ4n) is 3.41. The van der Waals surface area contributed by atoms with Crippen LogP contribution in [0.1, 0.15) is 11.1 Å². The lowest BCUT2D eigenvalue weighted by atomic mass is 10.1. The van der Waals surface area contributed by atoms with Crippen molar-refractivity contribution < 1.29 is 13.6 Å². The van der Waals surface area contributed by atoms with Gasteiger partial charge in [0.2, 0.25) is 11.9 Å². The minimum atomic E-state index is -1.04. The first-order valence-electron chi connectivity index (χ1n) is 9.93. The maximum Gasteiger partial charge on any atom is 0.281 e. The van der Waals surface area contributed by atoms with Crippen LogP contribution in [0.3, 0.4) is 0 Å². The van der Waals surface area contributed by atoms with Gasteiger partial charge in [0.25, 0.3) is 5.56 Å². The Morgan fingerprint density at radius 1 is 0.969 bits per heavy atom. The predicted octanol–water partition coefficient (Wildman–Crippen LogP) is 3.62. The van der Waals surface area contributed by atoms with Crippen molar-refractivity contribution in [3.63, 3.8) is 0 Å². The van der Waals surface area contributed by atoms with Crippen LogP contribution in [0.5, 0.6) is 0 Å². The van der Waals surface area contributed by atoms with Crippen molar-refractivity contribution in [2.24, 2.45) is 0 Å². The van der Waals surface area contributed by atoms with Gasteiger partial charge < -0.3 is 4.90 Å². The lowest BCUT2D eigenvalue weighted by molar-refractivity contribution is -0.116. The van der Waals surface area contributed by atoms with Crippen LogP contribution in [0.15, 0.2) is 77.6 Å². The third kappa shape index (κ3) is 4.49. The Morgan fingerprint density at radius 2 is 1.69 bits per heavy atom. The van der Waals surface area contributed by atoms with Crippen LogP contribution in [-0.2, 0) is 17.8 Å². The molecule has 162 valence electrons. The van der Waals surface area contributed by atoms with Gasteiger partial charge in [0.15, 0.2) is 11.6 Å². The summed E-state index contributed by atoms with van der Waals surface area (Å²) in [5, 5.41) is 0.345. The normalized spacial score (nSPS) is 10.8. The summed E-state index contributed by atoms with van der Waals surface area (Å²) in [5.41, 5.74) is 3.90. The molecule has 8 heteroatoms. The average molecular weight is 434 g/mol. The van der Waals surface area contributed by atoms with Gasteiger partial charge in [-0.05, 0) is 35.4 Å². The summed E-state index contributed by atoms with van der Waals surface area (Å²) in [4.78, 5) is 32.2. The monoisotopic (exact) mass is 434 g/mol. The highest BCUT2D eigenvalue weighted by Gasteiger charge is 2.17. The number of halogens is 2. The van der Waals surface area contributed by atoms with Crippen LogP contribution in [0.25, 0.3) is 10.9 Å². The number of hydrogen-bond acceptors (Lipinski definition) is 4. The van der Waals surface area contributed by atoms with Crippen molar-refractivity contribution in [3.05, 3.63) is 106 Å². The van der Waals surface area contributed by atoms with Gasteiger partial charge in [-0.1, -0.05) is 48.5 Å². The maximum absolute atomic E-state index is 13.5. The summed E-state index contributed by atoms with van der Waals surface area (Å²) in [5.74, 6) is -2.35. The predicted molar refractivity (Wildman–Crippen MR) is 119 cm³/mol. The van der Waals surface area contributed by atoms with Crippen LogP contribution < -0.4 is 15.9 Å². The Hall–Kier alpha value is -4.07. The molecule has 0 aliphatic heterocycles. The zero-order valence-electron chi connectivity index (χ0n) is 17.3. The topological polar surface area (TPSA) is 67.2 Å².